The molecule has 0 aliphatic carbocycles. The summed E-state index contributed by atoms with van der Waals surface area (Å²) in [6.45, 7) is 14.2. The van der Waals surface area contributed by atoms with Gasteiger partial charge >= 0.3 is 39.5 Å². The average molecular weight is 1420 g/mol. The van der Waals surface area contributed by atoms with Crippen molar-refractivity contribution in [2.24, 2.45) is 23.7 Å². The molecule has 0 saturated heterocycles. The lowest BCUT2D eigenvalue weighted by Gasteiger charge is -2.21. The van der Waals surface area contributed by atoms with Gasteiger partial charge in [0.15, 0.2) is 12.2 Å². The smallest absolute Gasteiger partial charge is 0.462 e. The number of carbonyl (C=O) groups excluding carboxylic acids is 4. The van der Waals surface area contributed by atoms with Crippen LogP contribution in [0.15, 0.2) is 0 Å². The Bertz CT molecular complexity index is 1900. The van der Waals surface area contributed by atoms with Crippen LogP contribution in [0.2, 0.25) is 0 Å². The van der Waals surface area contributed by atoms with Crippen molar-refractivity contribution in [2.75, 3.05) is 39.6 Å². The number of aliphatic hydroxyl groups excluding tert-OH is 1. The lowest BCUT2D eigenvalue weighted by atomic mass is 10.00. The van der Waals surface area contributed by atoms with Crippen LogP contribution in [0.25, 0.3) is 0 Å². The number of carbonyl (C=O) groups is 4. The molecule has 0 saturated carbocycles. The number of phosphoric acid groups is 2. The van der Waals surface area contributed by atoms with Gasteiger partial charge in [-0.15, -0.1) is 0 Å². The summed E-state index contributed by atoms with van der Waals surface area (Å²) in [5, 5.41) is 10.6. The number of hydrogen-bond acceptors (Lipinski definition) is 15. The maximum absolute atomic E-state index is 13.1. The van der Waals surface area contributed by atoms with E-state index in [1.165, 1.54) is 193 Å². The Morgan fingerprint density at radius 1 is 0.289 bits per heavy atom. The standard InChI is InChI=1S/C78H152O17P2/c1-9-71(8)57-49-41-36-37-43-51-59-76(81)89-65-74(95-78(83)61-53-45-35-29-23-17-20-26-32-40-48-56-70(6)7)67-93-97(86,87)91-63-72(79)62-90-96(84,85)92-66-73(64-88-75(80)58-50-42-33-27-21-16-15-19-25-31-39-47-55-69(4)5)94-77(82)60-52-44-34-28-22-14-12-10-11-13-18-24-30-38-46-54-68(2)3/h68-74,79H,9-67H2,1-8H3,(H,84,85)(H,86,87)/t71?,72-,73-,74-/m1/s1. The fourth-order valence-electron chi connectivity index (χ4n) is 11.9. The van der Waals surface area contributed by atoms with Gasteiger partial charge in [-0.25, -0.2) is 9.13 Å². The van der Waals surface area contributed by atoms with Gasteiger partial charge in [0.2, 0.25) is 0 Å². The highest BCUT2D eigenvalue weighted by atomic mass is 31.2. The lowest BCUT2D eigenvalue weighted by molar-refractivity contribution is -0.161. The van der Waals surface area contributed by atoms with Crippen molar-refractivity contribution in [1.29, 1.82) is 0 Å². The molecule has 17 nitrogen and oxygen atoms in total. The molecule has 0 aliphatic rings. The number of esters is 4. The van der Waals surface area contributed by atoms with Crippen LogP contribution in [0.3, 0.4) is 0 Å². The zero-order valence-electron chi connectivity index (χ0n) is 63.7. The van der Waals surface area contributed by atoms with Crippen molar-refractivity contribution in [2.45, 2.75) is 414 Å². The third-order valence-corrected chi connectivity index (χ3v) is 20.3. The summed E-state index contributed by atoms with van der Waals surface area (Å²) in [7, 11) is -9.92. The van der Waals surface area contributed by atoms with Crippen LogP contribution in [-0.4, -0.2) is 96.7 Å². The van der Waals surface area contributed by atoms with Gasteiger partial charge in [-0.05, 0) is 49.4 Å². The number of rotatable bonds is 75. The molecule has 0 rings (SSSR count). The SMILES string of the molecule is CCC(C)CCCCCCCCC(=O)OC[C@H](COP(=O)(O)OC[C@H](O)COP(=O)(O)OC[C@@H](COC(=O)CCCCCCCCCCCCCCC(C)C)OC(=O)CCCCCCCCCCCCCCCCCC(C)C)OC(=O)CCCCCCCCCCCCCC(C)C. The second-order valence-electron chi connectivity index (χ2n) is 29.8. The first-order valence-corrected chi connectivity index (χ1v) is 43.2. The lowest BCUT2D eigenvalue weighted by Crippen LogP contribution is -2.30. The molecule has 0 aromatic heterocycles. The summed E-state index contributed by atoms with van der Waals surface area (Å²) >= 11 is 0. The fraction of sp³-hybridized carbons (Fsp3) is 0.949. The third kappa shape index (κ3) is 70.9. The summed E-state index contributed by atoms with van der Waals surface area (Å²) in [6.07, 6.45) is 52.7. The summed E-state index contributed by atoms with van der Waals surface area (Å²) < 4.78 is 68.6. The van der Waals surface area contributed by atoms with Crippen molar-refractivity contribution in [3.63, 3.8) is 0 Å². The van der Waals surface area contributed by atoms with Gasteiger partial charge in [0.1, 0.15) is 19.3 Å². The number of aliphatic hydroxyl groups is 1. The Kier molecular flexibility index (Phi) is 65.9. The van der Waals surface area contributed by atoms with E-state index in [1.54, 1.807) is 0 Å². The van der Waals surface area contributed by atoms with E-state index < -0.39 is 97.5 Å². The molecule has 97 heavy (non-hydrogen) atoms. The molecule has 19 heteroatoms. The normalized spacial score (nSPS) is 14.4. The zero-order valence-corrected chi connectivity index (χ0v) is 65.5. The molecule has 0 bridgehead atoms. The Morgan fingerprint density at radius 2 is 0.495 bits per heavy atom. The average Bonchev–Trinajstić information content (AvgIpc) is 1.07. The second kappa shape index (κ2) is 67.2. The van der Waals surface area contributed by atoms with Crippen LogP contribution in [-0.2, 0) is 65.4 Å². The van der Waals surface area contributed by atoms with Crippen molar-refractivity contribution >= 4 is 39.5 Å². The van der Waals surface area contributed by atoms with Crippen LogP contribution in [0.5, 0.6) is 0 Å². The zero-order chi connectivity index (χ0) is 71.7. The molecule has 0 aliphatic heterocycles. The summed E-state index contributed by atoms with van der Waals surface area (Å²) in [4.78, 5) is 72.9. The van der Waals surface area contributed by atoms with Crippen LogP contribution in [0.4, 0.5) is 0 Å². The van der Waals surface area contributed by atoms with E-state index in [0.29, 0.717) is 25.7 Å². The van der Waals surface area contributed by atoms with Crippen molar-refractivity contribution in [3.8, 4) is 0 Å². The molecule has 0 radical (unpaired) electrons. The van der Waals surface area contributed by atoms with E-state index in [1.807, 2.05) is 0 Å². The van der Waals surface area contributed by atoms with Gasteiger partial charge in [-0.3, -0.25) is 37.3 Å². The highest BCUT2D eigenvalue weighted by Gasteiger charge is 2.30. The molecule has 0 aromatic rings. The van der Waals surface area contributed by atoms with Crippen LogP contribution >= 0.6 is 15.6 Å². The summed E-state index contributed by atoms with van der Waals surface area (Å²) in [6, 6.07) is 0. The van der Waals surface area contributed by atoms with Gasteiger partial charge in [0.05, 0.1) is 26.4 Å². The van der Waals surface area contributed by atoms with Crippen molar-refractivity contribution in [1.82, 2.24) is 0 Å². The maximum atomic E-state index is 13.1. The van der Waals surface area contributed by atoms with E-state index >= 15 is 0 Å². The molecule has 6 atom stereocenters. The Hall–Kier alpha value is -1.94. The summed E-state index contributed by atoms with van der Waals surface area (Å²) in [5.74, 6) is 0.962. The van der Waals surface area contributed by atoms with E-state index in [0.717, 1.165) is 120 Å². The minimum Gasteiger partial charge on any atom is -0.462 e. The number of unbranched alkanes of at least 4 members (excludes halogenated alkanes) is 40. The van der Waals surface area contributed by atoms with Crippen molar-refractivity contribution < 1.29 is 80.2 Å². The molecule has 0 fully saturated rings. The van der Waals surface area contributed by atoms with Gasteiger partial charge < -0.3 is 33.8 Å². The molecule has 0 spiro atoms. The first kappa shape index (κ1) is 95.1. The second-order valence-corrected chi connectivity index (χ2v) is 32.7. The molecular weight excluding hydrogens is 1270 g/mol. The number of hydrogen-bond donors (Lipinski definition) is 3. The van der Waals surface area contributed by atoms with Gasteiger partial charge in [-0.1, -0.05) is 344 Å². The fourth-order valence-corrected chi connectivity index (χ4v) is 13.5. The highest BCUT2D eigenvalue weighted by Crippen LogP contribution is 2.45. The molecule has 0 aromatic carbocycles. The minimum atomic E-state index is -4.96. The molecule has 0 heterocycles. The first-order valence-electron chi connectivity index (χ1n) is 40.2. The van der Waals surface area contributed by atoms with Gasteiger partial charge in [-0.2, -0.15) is 0 Å². The van der Waals surface area contributed by atoms with Crippen LogP contribution < -0.4 is 0 Å². The van der Waals surface area contributed by atoms with E-state index in [-0.39, 0.29) is 25.7 Å². The Balaban J connectivity index is 5.26. The van der Waals surface area contributed by atoms with Crippen molar-refractivity contribution in [3.05, 3.63) is 0 Å². The predicted octanol–water partition coefficient (Wildman–Crippen LogP) is 22.8. The monoisotopic (exact) mass is 1420 g/mol. The predicted molar refractivity (Wildman–Crippen MR) is 395 cm³/mol. The maximum Gasteiger partial charge on any atom is 0.472 e. The quantitative estimate of drug-likeness (QED) is 0.0222. The molecule has 0 amide bonds. The van der Waals surface area contributed by atoms with Gasteiger partial charge in [0, 0.05) is 25.7 Å². The molecule has 3 unspecified atom stereocenters. The Labute approximate surface area is 594 Å². The van der Waals surface area contributed by atoms with E-state index in [9.17, 15) is 43.2 Å². The topological polar surface area (TPSA) is 237 Å². The first-order chi connectivity index (χ1) is 46.6. The number of ether oxygens (including phenoxy) is 4. The Morgan fingerprint density at radius 3 is 0.732 bits per heavy atom. The molecule has 3 N–H and O–H groups in total. The number of phosphoric ester groups is 2. The highest BCUT2D eigenvalue weighted by molar-refractivity contribution is 7.47. The van der Waals surface area contributed by atoms with E-state index in [4.69, 9.17) is 37.0 Å². The third-order valence-electron chi connectivity index (χ3n) is 18.4. The molecule has 576 valence electrons. The minimum absolute atomic E-state index is 0.105. The summed E-state index contributed by atoms with van der Waals surface area (Å²) in [5.41, 5.74) is 0. The largest absolute Gasteiger partial charge is 0.472 e. The van der Waals surface area contributed by atoms with E-state index in [2.05, 4.69) is 55.4 Å². The van der Waals surface area contributed by atoms with Gasteiger partial charge in [0.25, 0.3) is 0 Å². The molecular formula is C78H152O17P2. The van der Waals surface area contributed by atoms with Crippen LogP contribution in [0, 0.1) is 23.7 Å². The van der Waals surface area contributed by atoms with Crippen LogP contribution in [0.1, 0.15) is 396 Å².